The fourth-order valence-electron chi connectivity index (χ4n) is 2.46. The molecule has 1 aliphatic rings. The number of likely N-dealkylation sites (tertiary alicyclic amines) is 1. The largest absolute Gasteiger partial charge is 0.444 e. The van der Waals surface area contributed by atoms with Crippen LogP contribution in [0.3, 0.4) is 0 Å². The molecule has 6 heteroatoms. The molecule has 6 nitrogen and oxygen atoms in total. The molecule has 0 aromatic rings. The summed E-state index contributed by atoms with van der Waals surface area (Å²) in [5.41, 5.74) is -1.10. The number of amides is 2. The van der Waals surface area contributed by atoms with E-state index in [2.05, 4.69) is 11.9 Å². The lowest BCUT2D eigenvalue weighted by Crippen LogP contribution is -2.43. The molecular weight excluding hydrogens is 296 g/mol. The van der Waals surface area contributed by atoms with Crippen molar-refractivity contribution in [1.82, 2.24) is 10.2 Å². The van der Waals surface area contributed by atoms with Gasteiger partial charge in [0.25, 0.3) is 0 Å². The fourth-order valence-corrected chi connectivity index (χ4v) is 2.46. The highest BCUT2D eigenvalue weighted by molar-refractivity contribution is 5.71. The molecule has 0 aliphatic carbocycles. The number of alkyl carbamates (subject to hydrolysis) is 1. The molecule has 0 aromatic heterocycles. The zero-order chi connectivity index (χ0) is 17.8. The van der Waals surface area contributed by atoms with Crippen LogP contribution in [-0.4, -0.2) is 46.9 Å². The Morgan fingerprint density at radius 3 is 2.22 bits per heavy atom. The third-order valence-electron chi connectivity index (χ3n) is 3.20. The second-order valence-electron chi connectivity index (χ2n) is 7.89. The lowest BCUT2D eigenvalue weighted by molar-refractivity contribution is 0.0220. The number of carbonyl (C=O) groups is 2. The topological polar surface area (TPSA) is 67.9 Å². The predicted molar refractivity (Wildman–Crippen MR) is 89.3 cm³/mol. The number of nitrogens with one attached hydrogen (secondary N) is 1. The molecule has 23 heavy (non-hydrogen) atoms. The van der Waals surface area contributed by atoms with Crippen molar-refractivity contribution >= 4 is 12.2 Å². The summed E-state index contributed by atoms with van der Waals surface area (Å²) in [5, 5.41) is 2.83. The SMILES string of the molecule is C=CC[C@@H]1C[C@H](NC(=O)OC(C)(C)C)CN1C(=O)OC(C)(C)C. The van der Waals surface area contributed by atoms with Crippen LogP contribution in [0.1, 0.15) is 54.4 Å². The van der Waals surface area contributed by atoms with Crippen molar-refractivity contribution in [2.24, 2.45) is 0 Å². The van der Waals surface area contributed by atoms with E-state index in [0.29, 0.717) is 19.4 Å². The normalized spacial score (nSPS) is 21.7. The minimum atomic E-state index is -0.549. The summed E-state index contributed by atoms with van der Waals surface area (Å²) in [6.07, 6.45) is 2.26. The summed E-state index contributed by atoms with van der Waals surface area (Å²) in [6, 6.07) is -0.176. The van der Waals surface area contributed by atoms with Crippen LogP contribution in [0, 0.1) is 0 Å². The number of carbonyl (C=O) groups excluding carboxylic acids is 2. The second-order valence-corrected chi connectivity index (χ2v) is 7.89. The molecule has 0 radical (unpaired) electrons. The number of hydrogen-bond donors (Lipinski definition) is 1. The van der Waals surface area contributed by atoms with Gasteiger partial charge in [-0.3, -0.25) is 0 Å². The first-order valence-electron chi connectivity index (χ1n) is 8.01. The molecular formula is C17H30N2O4. The first kappa shape index (κ1) is 19.3. The Hall–Kier alpha value is -1.72. The highest BCUT2D eigenvalue weighted by Crippen LogP contribution is 2.24. The maximum Gasteiger partial charge on any atom is 0.410 e. The van der Waals surface area contributed by atoms with Gasteiger partial charge in [-0.2, -0.15) is 0 Å². The van der Waals surface area contributed by atoms with Crippen molar-refractivity contribution in [2.45, 2.75) is 77.7 Å². The van der Waals surface area contributed by atoms with Gasteiger partial charge in [0.2, 0.25) is 0 Å². The Bertz CT molecular complexity index is 448. The van der Waals surface area contributed by atoms with E-state index in [1.54, 1.807) is 11.0 Å². The van der Waals surface area contributed by atoms with Gasteiger partial charge in [-0.05, 0) is 54.4 Å². The average Bonchev–Trinajstić information content (AvgIpc) is 2.67. The zero-order valence-corrected chi connectivity index (χ0v) is 15.1. The Balaban J connectivity index is 2.68. The van der Waals surface area contributed by atoms with Crippen LogP contribution in [-0.2, 0) is 9.47 Å². The van der Waals surface area contributed by atoms with Crippen LogP contribution in [0.15, 0.2) is 12.7 Å². The molecule has 2 atom stereocenters. The molecule has 0 bridgehead atoms. The minimum Gasteiger partial charge on any atom is -0.444 e. The van der Waals surface area contributed by atoms with Crippen molar-refractivity contribution in [1.29, 1.82) is 0 Å². The van der Waals surface area contributed by atoms with E-state index in [1.165, 1.54) is 0 Å². The summed E-state index contributed by atoms with van der Waals surface area (Å²) >= 11 is 0. The van der Waals surface area contributed by atoms with Crippen LogP contribution < -0.4 is 5.32 Å². The number of hydrogen-bond acceptors (Lipinski definition) is 4. The van der Waals surface area contributed by atoms with Crippen molar-refractivity contribution in [3.63, 3.8) is 0 Å². The van der Waals surface area contributed by atoms with E-state index in [9.17, 15) is 9.59 Å². The quantitative estimate of drug-likeness (QED) is 0.806. The molecule has 1 saturated heterocycles. The first-order chi connectivity index (χ1) is 10.4. The van der Waals surface area contributed by atoms with Crippen LogP contribution in [0.25, 0.3) is 0 Å². The summed E-state index contributed by atoms with van der Waals surface area (Å²) in [6.45, 7) is 15.1. The molecule has 0 spiro atoms. The van der Waals surface area contributed by atoms with E-state index in [0.717, 1.165) is 0 Å². The van der Waals surface area contributed by atoms with Crippen LogP contribution in [0.2, 0.25) is 0 Å². The lowest BCUT2D eigenvalue weighted by atomic mass is 10.1. The van der Waals surface area contributed by atoms with Gasteiger partial charge in [-0.25, -0.2) is 9.59 Å². The molecule has 2 amide bonds. The Labute approximate surface area is 139 Å². The van der Waals surface area contributed by atoms with Gasteiger partial charge in [0.05, 0.1) is 6.04 Å². The van der Waals surface area contributed by atoms with Crippen molar-refractivity contribution < 1.29 is 19.1 Å². The number of rotatable bonds is 3. The van der Waals surface area contributed by atoms with E-state index in [-0.39, 0.29) is 18.2 Å². The van der Waals surface area contributed by atoms with E-state index in [4.69, 9.17) is 9.47 Å². The van der Waals surface area contributed by atoms with Gasteiger partial charge < -0.3 is 19.7 Å². The third kappa shape index (κ3) is 6.93. The van der Waals surface area contributed by atoms with Crippen molar-refractivity contribution in [3.8, 4) is 0 Å². The molecule has 1 heterocycles. The first-order valence-corrected chi connectivity index (χ1v) is 8.01. The minimum absolute atomic E-state index is 0.0257. The van der Waals surface area contributed by atoms with Crippen LogP contribution in [0.5, 0.6) is 0 Å². The summed E-state index contributed by atoms with van der Waals surface area (Å²) < 4.78 is 10.7. The van der Waals surface area contributed by atoms with Crippen molar-refractivity contribution in [2.75, 3.05) is 6.54 Å². The third-order valence-corrected chi connectivity index (χ3v) is 3.20. The fraction of sp³-hybridized carbons (Fsp3) is 0.765. The zero-order valence-electron chi connectivity index (χ0n) is 15.1. The van der Waals surface area contributed by atoms with Gasteiger partial charge >= 0.3 is 12.2 Å². The monoisotopic (exact) mass is 326 g/mol. The molecule has 1 fully saturated rings. The summed E-state index contributed by atoms with van der Waals surface area (Å²) in [5.74, 6) is 0. The van der Waals surface area contributed by atoms with Crippen molar-refractivity contribution in [3.05, 3.63) is 12.7 Å². The van der Waals surface area contributed by atoms with Gasteiger partial charge in [0.15, 0.2) is 0 Å². The Kier molecular flexibility index (Phi) is 6.08. The molecule has 1 N–H and O–H groups in total. The molecule has 0 unspecified atom stereocenters. The molecule has 0 saturated carbocycles. The smallest absolute Gasteiger partial charge is 0.410 e. The van der Waals surface area contributed by atoms with E-state index >= 15 is 0 Å². The summed E-state index contributed by atoms with van der Waals surface area (Å²) in [7, 11) is 0. The molecule has 1 aliphatic heterocycles. The van der Waals surface area contributed by atoms with Gasteiger partial charge in [-0.15, -0.1) is 6.58 Å². The Morgan fingerprint density at radius 2 is 1.74 bits per heavy atom. The summed E-state index contributed by atoms with van der Waals surface area (Å²) in [4.78, 5) is 25.9. The molecule has 0 aromatic carbocycles. The van der Waals surface area contributed by atoms with Crippen LogP contribution >= 0.6 is 0 Å². The maximum atomic E-state index is 12.3. The second kappa shape index (κ2) is 7.23. The highest BCUT2D eigenvalue weighted by Gasteiger charge is 2.38. The standard InChI is InChI=1S/C17H30N2O4/c1-8-9-13-10-12(18-14(20)22-16(2,3)4)11-19(13)15(21)23-17(5,6)7/h8,12-13H,1,9-11H2,2-7H3,(H,18,20)/t12-,13+/m0/s1. The molecule has 1 rings (SSSR count). The average molecular weight is 326 g/mol. The highest BCUT2D eigenvalue weighted by atomic mass is 16.6. The van der Waals surface area contributed by atoms with Gasteiger partial charge in [0.1, 0.15) is 11.2 Å². The Morgan fingerprint density at radius 1 is 1.17 bits per heavy atom. The lowest BCUT2D eigenvalue weighted by Gasteiger charge is -2.28. The number of ether oxygens (including phenoxy) is 2. The van der Waals surface area contributed by atoms with Gasteiger partial charge in [-0.1, -0.05) is 6.08 Å². The maximum absolute atomic E-state index is 12.3. The predicted octanol–water partition coefficient (Wildman–Crippen LogP) is 3.47. The van der Waals surface area contributed by atoms with E-state index in [1.807, 2.05) is 41.5 Å². The number of nitrogens with zero attached hydrogens (tertiary/aromatic N) is 1. The van der Waals surface area contributed by atoms with Crippen LogP contribution in [0.4, 0.5) is 9.59 Å². The van der Waals surface area contributed by atoms with E-state index < -0.39 is 17.3 Å². The molecule has 132 valence electrons. The van der Waals surface area contributed by atoms with Gasteiger partial charge in [0, 0.05) is 12.6 Å².